The van der Waals surface area contributed by atoms with E-state index in [1.165, 1.54) is 89.4 Å². The SMILES string of the molecule is CC1=C(OCCCCCCCCCCN2CCN(C)CC2)C(C)SC1=O. The summed E-state index contributed by atoms with van der Waals surface area (Å²) in [6.45, 7) is 11.0. The number of piperazine rings is 1. The Hall–Kier alpha value is -0.520. The maximum Gasteiger partial charge on any atom is 0.219 e. The van der Waals surface area contributed by atoms with Crippen molar-refractivity contribution in [2.45, 2.75) is 70.5 Å². The maximum absolute atomic E-state index is 11.6. The second-order valence-electron chi connectivity index (χ2n) is 7.86. The summed E-state index contributed by atoms with van der Waals surface area (Å²) in [5.41, 5.74) is 0.819. The molecular weight excluding hydrogens is 344 g/mol. The van der Waals surface area contributed by atoms with Gasteiger partial charge in [-0.15, -0.1) is 0 Å². The molecule has 0 saturated carbocycles. The van der Waals surface area contributed by atoms with Crippen molar-refractivity contribution in [1.82, 2.24) is 9.80 Å². The summed E-state index contributed by atoms with van der Waals surface area (Å²) in [7, 11) is 2.22. The van der Waals surface area contributed by atoms with Crippen molar-refractivity contribution in [3.8, 4) is 0 Å². The fourth-order valence-electron chi connectivity index (χ4n) is 3.69. The number of hydrogen-bond donors (Lipinski definition) is 0. The average molecular weight is 383 g/mol. The van der Waals surface area contributed by atoms with Crippen molar-refractivity contribution in [1.29, 1.82) is 0 Å². The van der Waals surface area contributed by atoms with Gasteiger partial charge in [-0.25, -0.2) is 0 Å². The minimum absolute atomic E-state index is 0.181. The van der Waals surface area contributed by atoms with Crippen LogP contribution in [0.5, 0.6) is 0 Å². The first kappa shape index (κ1) is 21.8. The third kappa shape index (κ3) is 7.61. The Bertz CT molecular complexity index is 459. The molecule has 0 amide bonds. The number of likely N-dealkylation sites (N-methyl/N-ethyl adjacent to an activating group) is 1. The number of carbonyl (C=O) groups is 1. The zero-order valence-corrected chi connectivity index (χ0v) is 17.9. The topological polar surface area (TPSA) is 32.8 Å². The Morgan fingerprint density at radius 1 is 0.962 bits per heavy atom. The van der Waals surface area contributed by atoms with Crippen LogP contribution in [0.4, 0.5) is 0 Å². The summed E-state index contributed by atoms with van der Waals surface area (Å²) in [5, 5.41) is 0.383. The first-order valence-corrected chi connectivity index (χ1v) is 11.4. The Balaban J connectivity index is 1.36. The minimum Gasteiger partial charge on any atom is -0.496 e. The number of rotatable bonds is 12. The molecule has 0 aliphatic carbocycles. The second-order valence-corrected chi connectivity index (χ2v) is 9.17. The number of ether oxygens (including phenoxy) is 1. The van der Waals surface area contributed by atoms with Crippen molar-refractivity contribution in [2.24, 2.45) is 0 Å². The average Bonchev–Trinajstić information content (AvgIpc) is 2.87. The Labute approximate surface area is 164 Å². The number of unbranched alkanes of at least 4 members (excludes halogenated alkanes) is 7. The maximum atomic E-state index is 11.6. The van der Waals surface area contributed by atoms with Gasteiger partial charge in [0, 0.05) is 31.8 Å². The molecular formula is C21H38N2O2S. The molecule has 2 rings (SSSR count). The van der Waals surface area contributed by atoms with Crippen LogP contribution in [0.1, 0.15) is 65.2 Å². The van der Waals surface area contributed by atoms with Crippen molar-refractivity contribution in [3.05, 3.63) is 11.3 Å². The fourth-order valence-corrected chi connectivity index (χ4v) is 4.64. The highest BCUT2D eigenvalue weighted by Crippen LogP contribution is 2.34. The van der Waals surface area contributed by atoms with Gasteiger partial charge in [0.25, 0.3) is 0 Å². The lowest BCUT2D eigenvalue weighted by molar-refractivity contribution is -0.107. The molecule has 2 heterocycles. The Morgan fingerprint density at radius 3 is 2.12 bits per heavy atom. The summed E-state index contributed by atoms with van der Waals surface area (Å²) >= 11 is 1.38. The number of hydrogen-bond acceptors (Lipinski definition) is 5. The summed E-state index contributed by atoms with van der Waals surface area (Å²) in [5.74, 6) is 0.917. The highest BCUT2D eigenvalue weighted by atomic mass is 32.2. The molecule has 2 aliphatic rings. The molecule has 5 heteroatoms. The van der Waals surface area contributed by atoms with Gasteiger partial charge in [0.15, 0.2) is 0 Å². The summed E-state index contributed by atoms with van der Waals surface area (Å²) < 4.78 is 5.85. The number of carbonyl (C=O) groups excluding carboxylic acids is 1. The first-order chi connectivity index (χ1) is 12.6. The van der Waals surface area contributed by atoms with Crippen LogP contribution in [-0.2, 0) is 9.53 Å². The largest absolute Gasteiger partial charge is 0.496 e. The van der Waals surface area contributed by atoms with E-state index in [2.05, 4.69) is 23.8 Å². The van der Waals surface area contributed by atoms with Crippen molar-refractivity contribution in [3.63, 3.8) is 0 Å². The summed E-state index contributed by atoms with van der Waals surface area (Å²) in [6.07, 6.45) is 10.5. The predicted octanol–water partition coefficient (Wildman–Crippen LogP) is 4.31. The molecule has 4 nitrogen and oxygen atoms in total. The van der Waals surface area contributed by atoms with Gasteiger partial charge in [-0.3, -0.25) is 4.79 Å². The monoisotopic (exact) mass is 382 g/mol. The third-order valence-electron chi connectivity index (χ3n) is 5.55. The highest BCUT2D eigenvalue weighted by Gasteiger charge is 2.28. The lowest BCUT2D eigenvalue weighted by atomic mass is 10.1. The highest BCUT2D eigenvalue weighted by molar-refractivity contribution is 8.15. The molecule has 26 heavy (non-hydrogen) atoms. The van der Waals surface area contributed by atoms with E-state index in [9.17, 15) is 4.79 Å². The van der Waals surface area contributed by atoms with E-state index in [0.29, 0.717) is 0 Å². The van der Waals surface area contributed by atoms with E-state index in [-0.39, 0.29) is 10.4 Å². The van der Waals surface area contributed by atoms with Gasteiger partial charge in [0.2, 0.25) is 5.12 Å². The molecule has 0 aromatic carbocycles. The van der Waals surface area contributed by atoms with Crippen LogP contribution in [0.2, 0.25) is 0 Å². The quantitative estimate of drug-likeness (QED) is 0.470. The van der Waals surface area contributed by atoms with Crippen LogP contribution in [-0.4, -0.2) is 66.5 Å². The van der Waals surface area contributed by atoms with Crippen LogP contribution < -0.4 is 0 Å². The van der Waals surface area contributed by atoms with Gasteiger partial charge in [-0.05, 0) is 40.3 Å². The molecule has 150 valence electrons. The van der Waals surface area contributed by atoms with E-state index >= 15 is 0 Å². The van der Waals surface area contributed by atoms with E-state index in [4.69, 9.17) is 4.74 Å². The molecule has 1 saturated heterocycles. The minimum atomic E-state index is 0.181. The molecule has 1 atom stereocenters. The van der Waals surface area contributed by atoms with Crippen molar-refractivity contribution >= 4 is 16.9 Å². The lowest BCUT2D eigenvalue weighted by Gasteiger charge is -2.32. The molecule has 1 fully saturated rings. The van der Waals surface area contributed by atoms with E-state index < -0.39 is 0 Å². The summed E-state index contributed by atoms with van der Waals surface area (Å²) in [4.78, 5) is 16.6. The van der Waals surface area contributed by atoms with Crippen LogP contribution in [0, 0.1) is 0 Å². The van der Waals surface area contributed by atoms with Gasteiger partial charge in [-0.1, -0.05) is 50.3 Å². The van der Waals surface area contributed by atoms with Gasteiger partial charge in [0.1, 0.15) is 5.76 Å². The van der Waals surface area contributed by atoms with Crippen LogP contribution in [0.25, 0.3) is 0 Å². The van der Waals surface area contributed by atoms with Gasteiger partial charge >= 0.3 is 0 Å². The molecule has 0 N–H and O–H groups in total. The molecule has 0 radical (unpaired) electrons. The van der Waals surface area contributed by atoms with Gasteiger partial charge in [0.05, 0.1) is 11.9 Å². The van der Waals surface area contributed by atoms with Gasteiger partial charge in [-0.2, -0.15) is 0 Å². The zero-order chi connectivity index (χ0) is 18.8. The molecule has 0 aromatic rings. The van der Waals surface area contributed by atoms with Crippen molar-refractivity contribution < 1.29 is 9.53 Å². The molecule has 0 aromatic heterocycles. The second kappa shape index (κ2) is 12.0. The number of nitrogens with zero attached hydrogens (tertiary/aromatic N) is 2. The number of thioether (sulfide) groups is 1. The Kier molecular flexibility index (Phi) is 10.1. The lowest BCUT2D eigenvalue weighted by Crippen LogP contribution is -2.44. The zero-order valence-electron chi connectivity index (χ0n) is 17.1. The van der Waals surface area contributed by atoms with Crippen LogP contribution >= 0.6 is 11.8 Å². The summed E-state index contributed by atoms with van der Waals surface area (Å²) in [6, 6.07) is 0. The van der Waals surface area contributed by atoms with Crippen LogP contribution in [0.3, 0.4) is 0 Å². The normalized spacial score (nSPS) is 22.4. The molecule has 0 spiro atoms. The van der Waals surface area contributed by atoms with Gasteiger partial charge < -0.3 is 14.5 Å². The molecule has 0 bridgehead atoms. The van der Waals surface area contributed by atoms with E-state index in [1.807, 2.05) is 6.92 Å². The molecule has 1 unspecified atom stereocenters. The third-order valence-corrected chi connectivity index (χ3v) is 6.64. The Morgan fingerprint density at radius 2 is 1.54 bits per heavy atom. The molecule has 2 aliphatic heterocycles. The first-order valence-electron chi connectivity index (χ1n) is 10.5. The predicted molar refractivity (Wildman–Crippen MR) is 112 cm³/mol. The van der Waals surface area contributed by atoms with E-state index in [1.54, 1.807) is 0 Å². The smallest absolute Gasteiger partial charge is 0.219 e. The fraction of sp³-hybridized carbons (Fsp3) is 0.857. The van der Waals surface area contributed by atoms with Crippen molar-refractivity contribution in [2.75, 3.05) is 46.4 Å². The standard InChI is InChI=1S/C21H38N2O2S/c1-18-20(19(2)26-21(18)24)25-17-11-9-7-5-4-6-8-10-12-23-15-13-22(3)14-16-23/h19H,4-17H2,1-3H3. The van der Waals surface area contributed by atoms with E-state index in [0.717, 1.165) is 24.4 Å². The van der Waals surface area contributed by atoms with Crippen LogP contribution in [0.15, 0.2) is 11.3 Å².